The molecule has 5 heterocycles. The highest BCUT2D eigenvalue weighted by atomic mass is 32.2. The predicted molar refractivity (Wildman–Crippen MR) is 380 cm³/mol. The highest BCUT2D eigenvalue weighted by Gasteiger charge is 2.49. The summed E-state index contributed by atoms with van der Waals surface area (Å²) in [6.07, 6.45) is 3.71. The van der Waals surface area contributed by atoms with Crippen LogP contribution in [-0.4, -0.2) is 192 Å². The largest absolute Gasteiger partial charge is 0.490 e. The van der Waals surface area contributed by atoms with Gasteiger partial charge in [-0.1, -0.05) is 150 Å². The highest BCUT2D eigenvalue weighted by molar-refractivity contribution is 7.89. The molecule has 4 bridgehead atoms. The van der Waals surface area contributed by atoms with Crippen molar-refractivity contribution in [3.05, 3.63) is 150 Å². The van der Waals surface area contributed by atoms with Crippen molar-refractivity contribution in [2.45, 2.75) is 167 Å². The van der Waals surface area contributed by atoms with Gasteiger partial charge in [-0.15, -0.1) is 5.10 Å². The average Bonchev–Trinajstić information content (AvgIpc) is 1.60. The number of carboxylic acids is 1. The van der Waals surface area contributed by atoms with E-state index in [-0.39, 0.29) is 102 Å². The Hall–Kier alpha value is -9.64. The smallest absolute Gasteiger partial charge is 0.326 e. The molecule has 5 aromatic carbocycles. The van der Waals surface area contributed by atoms with Gasteiger partial charge in [-0.25, -0.2) is 17.9 Å². The number of hydrogen-bond donors (Lipinski definition) is 8. The lowest BCUT2D eigenvalue weighted by atomic mass is 9.85. The number of amides is 8. The van der Waals surface area contributed by atoms with Gasteiger partial charge in [0, 0.05) is 45.3 Å². The zero-order valence-electron chi connectivity index (χ0n) is 59.1. The van der Waals surface area contributed by atoms with Crippen LogP contribution in [0.5, 0.6) is 5.75 Å². The molecule has 2 saturated heterocycles. The van der Waals surface area contributed by atoms with Gasteiger partial charge in [-0.2, -0.15) is 0 Å². The SMILES string of the molecule is CN[C@@H](C)C(=O)N[C@H](C(=O)N1CCC2OCC=CCOc3ccc(cc3)C[C@@H](C(=O)O)NC(=O)[C@H](Cc3ccc4ccccc4c3)NC(=O)[C@@H]3[C@H](CCN3C(=O)CC(C)(C)C)OCc3cn(nn3)[C@H](C(=O)NS(C)(=O)=O)CCCNC(=O)[C@H](Cc3ccc4ccccc4c3)NC(=O)[C@H]21)C(C)(C)C. The van der Waals surface area contributed by atoms with E-state index in [0.29, 0.717) is 22.4 Å². The van der Waals surface area contributed by atoms with E-state index < -0.39 is 129 Å². The van der Waals surface area contributed by atoms with Crippen molar-refractivity contribution in [1.29, 1.82) is 0 Å². The van der Waals surface area contributed by atoms with Gasteiger partial charge in [0.05, 0.1) is 43.9 Å². The van der Waals surface area contributed by atoms with Crippen molar-refractivity contribution in [2.75, 3.05) is 46.2 Å². The lowest BCUT2D eigenvalue weighted by Crippen LogP contribution is -2.62. The number of carbonyl (C=O) groups excluding carboxylic acids is 8. The number of sulfonamides is 1. The number of nitrogens with one attached hydrogen (secondary N) is 7. The first-order valence-corrected chi connectivity index (χ1v) is 36.3. The summed E-state index contributed by atoms with van der Waals surface area (Å²) in [7, 11) is -2.52. The fourth-order valence-corrected chi connectivity index (χ4v) is 13.3. The maximum Gasteiger partial charge on any atom is 0.326 e. The van der Waals surface area contributed by atoms with Crippen LogP contribution in [0.2, 0.25) is 0 Å². The summed E-state index contributed by atoms with van der Waals surface area (Å²) >= 11 is 0. The Balaban J connectivity index is 1.04. The van der Waals surface area contributed by atoms with Crippen LogP contribution < -0.4 is 41.4 Å². The molecule has 546 valence electrons. The van der Waals surface area contributed by atoms with Gasteiger partial charge >= 0.3 is 5.97 Å². The van der Waals surface area contributed by atoms with E-state index in [1.807, 2.05) is 110 Å². The van der Waals surface area contributed by atoms with Gasteiger partial charge in [0.15, 0.2) is 0 Å². The molecule has 0 saturated carbocycles. The van der Waals surface area contributed by atoms with Crippen LogP contribution in [0, 0.1) is 10.8 Å². The molecule has 6 aromatic rings. The summed E-state index contributed by atoms with van der Waals surface area (Å²) in [5.41, 5.74) is 0.651. The zero-order chi connectivity index (χ0) is 73.6. The lowest BCUT2D eigenvalue weighted by Gasteiger charge is -2.36. The second kappa shape index (κ2) is 33.9. The van der Waals surface area contributed by atoms with Gasteiger partial charge in [0.25, 0.3) is 5.91 Å². The first-order valence-electron chi connectivity index (χ1n) is 34.4. The number of likely N-dealkylation sites (N-methyl/N-ethyl adjacent to an activating group) is 1. The van der Waals surface area contributed by atoms with Crippen LogP contribution in [0.15, 0.2) is 128 Å². The summed E-state index contributed by atoms with van der Waals surface area (Å²) in [5, 5.41) is 39.9. The topological polar surface area (TPSA) is 357 Å². The van der Waals surface area contributed by atoms with Crippen molar-refractivity contribution in [1.82, 2.24) is 61.4 Å². The normalized spacial score (nSPS) is 22.6. The standard InChI is InChI=1S/C74H94N12O15S/c1-45(75-8)65(88)80-64(74(5,6)7)71(94)85-34-31-59-63(85)70(93)77-55(40-47-22-26-49-17-10-12-19-51(49)37-47)66(89)76-32-16-21-58(68(91)82-102(9,97)98)86-43-53(81-83-86)44-101-60-30-33-84(61(87)42-73(2,3)4)62(60)69(92)78-56(41-48-23-27-50-18-11-13-20-52(50)38-48)67(90)79-57(72(95)96)39-46-24-28-54(29-25-46)99-35-14-15-36-100-59/h10-15,17-20,22-29,37-38,43,45,55-60,62-64,75H,16,21,30-36,39-42,44H2,1-9H3,(H,76,89)(H,77,93)(H,78,92)(H,79,90)(H,80,88)(H,82,91)(H,95,96)/t45-,55-,56-,57-,58-,59?,60-,62-,63-,64+/m0/s1. The molecule has 1 aromatic heterocycles. The Morgan fingerprint density at radius 3 is 1.84 bits per heavy atom. The Labute approximate surface area is 594 Å². The molecule has 1 unspecified atom stereocenters. The fraction of sp³-hybridized carbons (Fsp3) is 0.473. The van der Waals surface area contributed by atoms with Crippen molar-refractivity contribution in [3.63, 3.8) is 0 Å². The number of carboxylic acid groups (broad SMARTS) is 1. The van der Waals surface area contributed by atoms with E-state index in [2.05, 4.69) is 42.2 Å². The van der Waals surface area contributed by atoms with Crippen LogP contribution in [0.1, 0.15) is 109 Å². The highest BCUT2D eigenvalue weighted by Crippen LogP contribution is 2.31. The molecule has 10 rings (SSSR count). The molecule has 4 aliphatic rings. The quantitative estimate of drug-likeness (QED) is 0.0789. The molecule has 0 radical (unpaired) electrons. The number of hydrogen-bond acceptors (Lipinski definition) is 17. The molecule has 4 aliphatic heterocycles. The van der Waals surface area contributed by atoms with Crippen LogP contribution in [0.4, 0.5) is 0 Å². The van der Waals surface area contributed by atoms with E-state index in [1.54, 1.807) is 71.2 Å². The van der Waals surface area contributed by atoms with Gasteiger partial charge in [0.1, 0.15) is 60.3 Å². The predicted octanol–water partition coefficient (Wildman–Crippen LogP) is 4.36. The molecule has 8 N–H and O–H groups in total. The molecule has 102 heavy (non-hydrogen) atoms. The molecular formula is C74H94N12O15S. The van der Waals surface area contributed by atoms with Crippen LogP contribution >= 0.6 is 0 Å². The summed E-state index contributed by atoms with van der Waals surface area (Å²) in [4.78, 5) is 132. The molecule has 28 heteroatoms. The first-order chi connectivity index (χ1) is 48.4. The lowest BCUT2D eigenvalue weighted by molar-refractivity contribution is -0.147. The zero-order valence-corrected chi connectivity index (χ0v) is 59.9. The third kappa shape index (κ3) is 20.8. The van der Waals surface area contributed by atoms with E-state index in [4.69, 9.17) is 14.2 Å². The van der Waals surface area contributed by atoms with Crippen LogP contribution in [-0.2, 0) is 88.5 Å². The average molecular weight is 1420 g/mol. The van der Waals surface area contributed by atoms with Gasteiger partial charge in [0.2, 0.25) is 51.4 Å². The fourth-order valence-electron chi connectivity index (χ4n) is 12.8. The number of aliphatic carboxylic acids is 1. The molecule has 0 aliphatic carbocycles. The molecule has 8 amide bonds. The van der Waals surface area contributed by atoms with Crippen molar-refractivity contribution < 1.29 is 70.9 Å². The Bertz CT molecular complexity index is 4170. The minimum atomic E-state index is -4.13. The van der Waals surface area contributed by atoms with Crippen LogP contribution in [0.3, 0.4) is 0 Å². The number of aromatic nitrogens is 3. The molecule has 10 atom stereocenters. The number of fused-ring (bicyclic) bond motifs is 23. The number of nitrogens with zero attached hydrogens (tertiary/aromatic N) is 5. The molecular weight excluding hydrogens is 1330 g/mol. The summed E-state index contributed by atoms with van der Waals surface area (Å²) in [5.74, 6) is -6.12. The van der Waals surface area contributed by atoms with E-state index in [9.17, 15) is 47.1 Å². The monoisotopic (exact) mass is 1420 g/mol. The number of rotatable bonds is 12. The second-order valence-electron chi connectivity index (χ2n) is 28.7. The number of carbonyl (C=O) groups is 9. The van der Waals surface area contributed by atoms with Crippen molar-refractivity contribution >= 4 is 84.8 Å². The maximum atomic E-state index is 15.2. The van der Waals surface area contributed by atoms with Gasteiger partial charge in [-0.05, 0) is 107 Å². The third-order valence-electron chi connectivity index (χ3n) is 18.3. The van der Waals surface area contributed by atoms with E-state index >= 15 is 9.59 Å². The second-order valence-corrected chi connectivity index (χ2v) is 30.4. The van der Waals surface area contributed by atoms with Gasteiger partial charge in [-0.3, -0.25) is 43.1 Å². The Morgan fingerprint density at radius 1 is 0.696 bits per heavy atom. The summed E-state index contributed by atoms with van der Waals surface area (Å²) in [6, 6.07) is 23.2. The molecule has 0 spiro atoms. The first kappa shape index (κ1) is 76.5. The minimum Gasteiger partial charge on any atom is -0.490 e. The van der Waals surface area contributed by atoms with E-state index in [0.717, 1.165) is 32.5 Å². The number of benzene rings is 5. The van der Waals surface area contributed by atoms with Gasteiger partial charge < -0.3 is 61.0 Å². The Morgan fingerprint density at radius 2 is 1.26 bits per heavy atom. The third-order valence-corrected chi connectivity index (χ3v) is 18.8. The van der Waals surface area contributed by atoms with Crippen LogP contribution in [0.25, 0.3) is 21.5 Å². The van der Waals surface area contributed by atoms with E-state index in [1.165, 1.54) is 16.0 Å². The molecule has 27 nitrogen and oxygen atoms in total. The number of ether oxygens (including phenoxy) is 3. The summed E-state index contributed by atoms with van der Waals surface area (Å²) in [6.45, 7) is 12.4. The van der Waals surface area contributed by atoms with Crippen molar-refractivity contribution in [2.24, 2.45) is 10.8 Å². The molecule has 2 fully saturated rings. The van der Waals surface area contributed by atoms with Crippen molar-refractivity contribution in [3.8, 4) is 5.75 Å². The Kier molecular flexibility index (Phi) is 25.4. The minimum absolute atomic E-state index is 0.0182. The summed E-state index contributed by atoms with van der Waals surface area (Å²) < 4.78 is 47.3. The number of likely N-dealkylation sites (tertiary alicyclic amines) is 2. The maximum absolute atomic E-state index is 15.2.